The fraction of sp³-hybridized carbons (Fsp3) is 0.321. The number of amides is 4. The van der Waals surface area contributed by atoms with Crippen LogP contribution < -0.4 is 25.2 Å². The molecule has 0 aliphatic carbocycles. The van der Waals surface area contributed by atoms with Crippen LogP contribution in [-0.2, 0) is 40.1 Å². The number of halogens is 2. The van der Waals surface area contributed by atoms with Gasteiger partial charge in [0.05, 0.1) is 24.4 Å². The van der Waals surface area contributed by atoms with Gasteiger partial charge in [0.15, 0.2) is 34.6 Å². The predicted molar refractivity (Wildman–Crippen MR) is 286 cm³/mol. The summed E-state index contributed by atoms with van der Waals surface area (Å²) in [6.45, 7) is 12.9. The fourth-order valence-electron chi connectivity index (χ4n) is 9.10. The maximum Gasteiger partial charge on any atom is 0.315 e. The van der Waals surface area contributed by atoms with Crippen LogP contribution in [0.3, 0.4) is 0 Å². The minimum absolute atomic E-state index is 0.00124. The molecule has 3 N–H and O–H groups in total. The highest BCUT2D eigenvalue weighted by molar-refractivity contribution is 6.08. The Hall–Kier alpha value is -9.28. The highest BCUT2D eigenvalue weighted by Gasteiger charge is 2.31. The Bertz CT molecular complexity index is 3780. The molecule has 23 heteroatoms. The normalized spacial score (nSPS) is 13.8. The number of anilines is 2. The molecule has 79 heavy (non-hydrogen) atoms. The number of fused-ring (bicyclic) bond motifs is 2. The van der Waals surface area contributed by atoms with Gasteiger partial charge in [-0.25, -0.2) is 23.4 Å². The zero-order valence-electron chi connectivity index (χ0n) is 44.5. The Morgan fingerprint density at radius 1 is 0.684 bits per heavy atom. The first-order valence-electron chi connectivity index (χ1n) is 25.6. The summed E-state index contributed by atoms with van der Waals surface area (Å²) in [6, 6.07) is 20.8. The first-order valence-corrected chi connectivity index (χ1v) is 25.6. The Labute approximate surface area is 451 Å². The molecule has 9 aromatic rings. The minimum atomic E-state index is -0.587. The first-order chi connectivity index (χ1) is 37.8. The second-order valence-corrected chi connectivity index (χ2v) is 21.1. The highest BCUT2D eigenvalue weighted by atomic mass is 19.1. The third-order valence-electron chi connectivity index (χ3n) is 13.4. The molecule has 2 saturated heterocycles. The number of methoxy groups -OCH3 is 1. The molecule has 0 unspecified atom stereocenters. The number of benzene rings is 3. The predicted octanol–water partition coefficient (Wildman–Crippen LogP) is 8.53. The summed E-state index contributed by atoms with van der Waals surface area (Å²) in [5, 5.41) is 26.3. The van der Waals surface area contributed by atoms with Crippen LogP contribution in [0.4, 0.5) is 20.4 Å². The van der Waals surface area contributed by atoms with Crippen LogP contribution in [0.1, 0.15) is 117 Å². The Morgan fingerprint density at radius 3 is 1.68 bits per heavy atom. The van der Waals surface area contributed by atoms with Crippen LogP contribution in [0.2, 0.25) is 0 Å². The maximum atomic E-state index is 15.5. The van der Waals surface area contributed by atoms with Crippen LogP contribution in [0.15, 0.2) is 94.2 Å². The summed E-state index contributed by atoms with van der Waals surface area (Å²) in [7, 11) is 1.62. The largest absolute Gasteiger partial charge is 0.497 e. The Balaban J connectivity index is 0.000000183. The van der Waals surface area contributed by atoms with E-state index in [1.807, 2.05) is 65.8 Å². The Kier molecular flexibility index (Phi) is 14.5. The lowest BCUT2D eigenvalue weighted by atomic mass is 9.96. The van der Waals surface area contributed by atoms with Gasteiger partial charge in [-0.2, -0.15) is 20.2 Å². The fourth-order valence-corrected chi connectivity index (χ4v) is 9.10. The van der Waals surface area contributed by atoms with E-state index in [4.69, 9.17) is 18.9 Å². The van der Waals surface area contributed by atoms with Gasteiger partial charge in [-0.15, -0.1) is 0 Å². The number of pyridine rings is 2. The van der Waals surface area contributed by atoms with Crippen molar-refractivity contribution in [2.75, 3.05) is 30.0 Å². The molecule has 0 bridgehead atoms. The number of hydrogen-bond donors (Lipinski definition) is 3. The van der Waals surface area contributed by atoms with E-state index in [1.165, 1.54) is 12.1 Å². The van der Waals surface area contributed by atoms with Crippen LogP contribution in [0.25, 0.3) is 44.3 Å². The smallest absolute Gasteiger partial charge is 0.315 e. The minimum Gasteiger partial charge on any atom is -0.497 e. The van der Waals surface area contributed by atoms with E-state index in [-0.39, 0.29) is 53.1 Å². The standard InChI is InChI=1S/C32H32FN7O4.C24H24FN7O3/c1-32(2,3)31-36-30(44-38-31)29(42)35-17-21-10-9-20(16-24(21)33)23-13-14-34-27-26(23)28(39-15-5-6-25(39)41)37-40(27)18-19-7-11-22(43-4)12-8-19;1-24(2,3)23-28-22(35-31-23)21(34)27-12-14-7-6-13(11-16(14)25)15-8-9-26-19-18(15)20(30-29-19)32-10-4-5-17(32)33/h7-14,16H,5-6,15,17-18H2,1-4H3,(H,35,42);6-9,11H,4-5,10,12H2,1-3H3,(H,27,34)(H,26,29,30). The van der Waals surface area contributed by atoms with Crippen molar-refractivity contribution in [1.29, 1.82) is 0 Å². The van der Waals surface area contributed by atoms with Gasteiger partial charge in [-0.05, 0) is 77.1 Å². The van der Waals surface area contributed by atoms with Crippen molar-refractivity contribution in [3.63, 3.8) is 0 Å². The monoisotopic (exact) mass is 1070 g/mol. The number of rotatable bonds is 13. The number of nitrogens with zero attached hydrogens (tertiary/aromatic N) is 11. The molecule has 406 valence electrons. The second kappa shape index (κ2) is 21.6. The number of H-pyrrole nitrogens is 1. The maximum absolute atomic E-state index is 15.5. The van der Waals surface area contributed by atoms with Crippen LogP contribution in [0, 0.1) is 11.6 Å². The molecule has 0 saturated carbocycles. The lowest BCUT2D eigenvalue weighted by Crippen LogP contribution is -2.24. The number of aromatic nitrogens is 10. The topological polar surface area (TPSA) is 258 Å². The number of carbonyl (C=O) groups excluding carboxylic acids is 4. The molecule has 3 aromatic carbocycles. The van der Waals surface area contributed by atoms with Crippen molar-refractivity contribution in [3.05, 3.63) is 137 Å². The van der Waals surface area contributed by atoms with E-state index in [9.17, 15) is 19.2 Å². The lowest BCUT2D eigenvalue weighted by Gasteiger charge is -2.14. The van der Waals surface area contributed by atoms with Crippen molar-refractivity contribution in [2.45, 2.75) is 97.7 Å². The quantitative estimate of drug-likeness (QED) is 0.0977. The molecule has 0 spiro atoms. The van der Waals surface area contributed by atoms with Crippen molar-refractivity contribution in [2.24, 2.45) is 0 Å². The van der Waals surface area contributed by atoms with Gasteiger partial charge in [-0.3, -0.25) is 34.1 Å². The lowest BCUT2D eigenvalue weighted by molar-refractivity contribution is -0.117. The van der Waals surface area contributed by atoms with E-state index < -0.39 is 23.4 Å². The summed E-state index contributed by atoms with van der Waals surface area (Å²) >= 11 is 0. The van der Waals surface area contributed by atoms with Gasteiger partial charge >= 0.3 is 23.6 Å². The van der Waals surface area contributed by atoms with Gasteiger partial charge < -0.3 is 24.4 Å². The molecular weight excluding hydrogens is 1020 g/mol. The molecule has 4 amide bonds. The van der Waals surface area contributed by atoms with Gasteiger partial charge in [0.2, 0.25) is 11.8 Å². The number of ether oxygens (including phenoxy) is 1. The molecule has 6 aromatic heterocycles. The zero-order valence-corrected chi connectivity index (χ0v) is 44.5. The molecule has 8 heterocycles. The van der Waals surface area contributed by atoms with Gasteiger partial charge in [0, 0.05) is 73.4 Å². The number of carbonyl (C=O) groups is 4. The summed E-state index contributed by atoms with van der Waals surface area (Å²) in [5.74, 6) is 0.0531. The SMILES string of the molecule is CC(C)(C)c1noc(C(=O)NCc2ccc(-c3ccnc4[nH]nc(N5CCCC5=O)c34)cc2F)n1.COc1ccc(Cn2nc(N3CCCC3=O)c3c(-c4ccc(CNC(=O)c5nc(C(C)(C)C)no5)c(F)c4)ccnc32)cc1. The van der Waals surface area contributed by atoms with Gasteiger partial charge in [-0.1, -0.05) is 88.3 Å². The summed E-state index contributed by atoms with van der Waals surface area (Å²) < 4.78 is 47.6. The van der Waals surface area contributed by atoms with Gasteiger partial charge in [0.25, 0.3) is 0 Å². The molecule has 2 fully saturated rings. The highest BCUT2D eigenvalue weighted by Crippen LogP contribution is 2.38. The summed E-state index contributed by atoms with van der Waals surface area (Å²) in [4.78, 5) is 70.6. The first kappa shape index (κ1) is 53.1. The van der Waals surface area contributed by atoms with Crippen LogP contribution in [-0.4, -0.2) is 94.1 Å². The Morgan fingerprint density at radius 2 is 1.20 bits per heavy atom. The van der Waals surface area contributed by atoms with Crippen molar-refractivity contribution >= 4 is 57.3 Å². The van der Waals surface area contributed by atoms with E-state index in [0.29, 0.717) is 106 Å². The van der Waals surface area contributed by atoms with Crippen molar-refractivity contribution in [3.8, 4) is 28.0 Å². The summed E-state index contributed by atoms with van der Waals surface area (Å²) in [6.07, 6.45) is 5.67. The number of aromatic amines is 1. The third-order valence-corrected chi connectivity index (χ3v) is 13.4. The van der Waals surface area contributed by atoms with E-state index in [2.05, 4.69) is 51.1 Å². The molecule has 0 atom stereocenters. The van der Waals surface area contributed by atoms with E-state index in [1.54, 1.807) is 70.4 Å². The van der Waals surface area contributed by atoms with Gasteiger partial charge in [0.1, 0.15) is 17.4 Å². The third kappa shape index (κ3) is 11.1. The van der Waals surface area contributed by atoms with Crippen molar-refractivity contribution < 1.29 is 41.7 Å². The molecule has 2 aliphatic heterocycles. The molecule has 21 nitrogen and oxygen atoms in total. The van der Waals surface area contributed by atoms with Crippen LogP contribution >= 0.6 is 0 Å². The van der Waals surface area contributed by atoms with E-state index in [0.717, 1.165) is 24.2 Å². The number of nitrogens with one attached hydrogen (secondary N) is 3. The molecule has 0 radical (unpaired) electrons. The average molecular weight is 1080 g/mol. The average Bonchev–Trinajstić information content (AvgIpc) is 4.51. The molecular formula is C56H56F2N14O7. The van der Waals surface area contributed by atoms with Crippen molar-refractivity contribution in [1.82, 2.24) is 60.9 Å². The van der Waals surface area contributed by atoms with Crippen LogP contribution in [0.5, 0.6) is 5.75 Å². The zero-order chi connectivity index (χ0) is 55.8. The molecule has 11 rings (SSSR count). The molecule has 2 aliphatic rings. The van der Waals surface area contributed by atoms with E-state index >= 15 is 8.78 Å². The summed E-state index contributed by atoms with van der Waals surface area (Å²) in [5.41, 5.74) is 4.51. The number of hydrogen-bond acceptors (Lipinski definition) is 15. The second-order valence-electron chi connectivity index (χ2n) is 21.1.